The van der Waals surface area contributed by atoms with Crippen molar-refractivity contribution in [3.63, 3.8) is 0 Å². The molecule has 44 heavy (non-hydrogen) atoms. The van der Waals surface area contributed by atoms with E-state index in [9.17, 15) is 19.8 Å². The third kappa shape index (κ3) is 4.37. The number of nitrogens with zero attached hydrogens (tertiary/aromatic N) is 5. The lowest BCUT2D eigenvalue weighted by molar-refractivity contribution is -0.129. The predicted molar refractivity (Wildman–Crippen MR) is 166 cm³/mol. The number of hydrogen-bond acceptors (Lipinski definition) is 8. The van der Waals surface area contributed by atoms with Crippen LogP contribution in [-0.4, -0.2) is 67.3 Å². The monoisotopic (exact) mass is 619 g/mol. The maximum Gasteiger partial charge on any atom is 0.354 e. The molecule has 2 aromatic heterocycles. The summed E-state index contributed by atoms with van der Waals surface area (Å²) in [6.45, 7) is 11.6. The number of fused-ring (bicyclic) bond motifs is 2. The summed E-state index contributed by atoms with van der Waals surface area (Å²) in [5, 5.41) is 21.5. The Hall–Kier alpha value is -4.64. The fourth-order valence-corrected chi connectivity index (χ4v) is 6.57. The third-order valence-corrected chi connectivity index (χ3v) is 8.70. The smallest absolute Gasteiger partial charge is 0.354 e. The zero-order valence-corrected chi connectivity index (χ0v) is 25.4. The van der Waals surface area contributed by atoms with Crippen molar-refractivity contribution in [2.75, 3.05) is 24.6 Å². The van der Waals surface area contributed by atoms with Crippen molar-refractivity contribution in [2.45, 2.75) is 45.7 Å². The Balaban J connectivity index is 1.77. The summed E-state index contributed by atoms with van der Waals surface area (Å²) in [6.07, 6.45) is 2.87. The quantitative estimate of drug-likeness (QED) is 0.304. The second-order valence-electron chi connectivity index (χ2n) is 11.5. The summed E-state index contributed by atoms with van der Waals surface area (Å²) < 4.78 is 24.8. The summed E-state index contributed by atoms with van der Waals surface area (Å²) in [5.74, 6) is -1.98. The second kappa shape index (κ2) is 10.8. The second-order valence-corrected chi connectivity index (χ2v) is 11.8. The van der Waals surface area contributed by atoms with E-state index in [1.807, 2.05) is 25.7 Å². The minimum atomic E-state index is -0.958. The molecule has 0 aliphatic carbocycles. The molecule has 2 atom stereocenters. The van der Waals surface area contributed by atoms with Crippen LogP contribution in [0.2, 0.25) is 5.02 Å². The van der Waals surface area contributed by atoms with Crippen LogP contribution < -0.4 is 15.3 Å². The fraction of sp³-hybridized carbons (Fsp3) is 0.312. The SMILES string of the molecule is C=CC(=O)N1CC2COc3c(Cl)c(-c4c(O)cccc4O)c(F)c4c3c(nc(=O)n4-c3c(C)ccnc3C(C)C)N2CC1C. The van der Waals surface area contributed by atoms with Gasteiger partial charge in [0.15, 0.2) is 11.6 Å². The highest BCUT2D eigenvalue weighted by molar-refractivity contribution is 6.37. The van der Waals surface area contributed by atoms with Crippen LogP contribution in [0.4, 0.5) is 10.2 Å². The van der Waals surface area contributed by atoms with Gasteiger partial charge in [0.05, 0.1) is 33.4 Å². The largest absolute Gasteiger partial charge is 0.507 e. The highest BCUT2D eigenvalue weighted by Crippen LogP contribution is 2.51. The Kier molecular flexibility index (Phi) is 7.23. The standard InChI is InChI=1S/C32H31ClFN5O5/c1-6-21(42)37-13-18-14-44-30-24-29(26(34)23(25(30)33)22-19(40)8-7-9-20(22)41)39(28-16(4)10-11-35-27(28)15(2)3)32(43)36-31(24)38(18)12-17(37)5/h6-11,15,17-18,40-41H,1,12-14H2,2-5H3. The van der Waals surface area contributed by atoms with Gasteiger partial charge in [0.2, 0.25) is 5.91 Å². The number of phenolic OH excluding ortho intramolecular Hbond substituents is 2. The van der Waals surface area contributed by atoms with E-state index in [1.54, 1.807) is 24.1 Å². The summed E-state index contributed by atoms with van der Waals surface area (Å²) in [7, 11) is 0. The maximum absolute atomic E-state index is 17.3. The van der Waals surface area contributed by atoms with Crippen LogP contribution >= 0.6 is 11.6 Å². The average Bonchev–Trinajstić information content (AvgIpc) is 3.13. The van der Waals surface area contributed by atoms with Gasteiger partial charge in [-0.05, 0) is 49.6 Å². The summed E-state index contributed by atoms with van der Waals surface area (Å²) in [6, 6.07) is 4.99. The van der Waals surface area contributed by atoms with Gasteiger partial charge in [-0.15, -0.1) is 0 Å². The number of hydrogen-bond donors (Lipinski definition) is 2. The molecular weight excluding hydrogens is 589 g/mol. The van der Waals surface area contributed by atoms with Crippen molar-refractivity contribution in [2.24, 2.45) is 0 Å². The van der Waals surface area contributed by atoms with Gasteiger partial charge in [0.25, 0.3) is 0 Å². The number of anilines is 1. The lowest BCUT2D eigenvalue weighted by Gasteiger charge is -2.44. The number of ether oxygens (including phenoxy) is 1. The van der Waals surface area contributed by atoms with E-state index in [4.69, 9.17) is 16.3 Å². The number of halogens is 2. The van der Waals surface area contributed by atoms with Crippen LogP contribution in [0.15, 0.2) is 47.9 Å². The summed E-state index contributed by atoms with van der Waals surface area (Å²) in [5.41, 5.74) is 0.0320. The van der Waals surface area contributed by atoms with Gasteiger partial charge < -0.3 is 24.7 Å². The molecule has 2 N–H and O–H groups in total. The molecular formula is C32H31ClFN5O5. The molecule has 2 unspecified atom stereocenters. The van der Waals surface area contributed by atoms with E-state index in [1.165, 1.54) is 28.8 Å². The van der Waals surface area contributed by atoms with Crippen molar-refractivity contribution in [1.82, 2.24) is 19.4 Å². The first kappa shape index (κ1) is 29.4. The fourth-order valence-electron chi connectivity index (χ4n) is 6.25. The number of amides is 1. The zero-order valence-electron chi connectivity index (χ0n) is 24.6. The predicted octanol–water partition coefficient (Wildman–Crippen LogP) is 5.07. The number of aryl methyl sites for hydroxylation is 1. The van der Waals surface area contributed by atoms with Crippen molar-refractivity contribution in [3.05, 3.63) is 75.7 Å². The Bertz CT molecular complexity index is 1910. The summed E-state index contributed by atoms with van der Waals surface area (Å²) in [4.78, 5) is 39.4. The molecule has 1 fully saturated rings. The average molecular weight is 620 g/mol. The number of rotatable bonds is 4. The van der Waals surface area contributed by atoms with Crippen LogP contribution in [-0.2, 0) is 4.79 Å². The molecule has 10 nitrogen and oxygen atoms in total. The van der Waals surface area contributed by atoms with Crippen molar-refractivity contribution < 1.29 is 24.1 Å². The van der Waals surface area contributed by atoms with Crippen LogP contribution in [0, 0.1) is 12.7 Å². The van der Waals surface area contributed by atoms with Gasteiger partial charge >= 0.3 is 5.69 Å². The lowest BCUT2D eigenvalue weighted by Crippen LogP contribution is -2.60. The Morgan fingerprint density at radius 1 is 1.20 bits per heavy atom. The maximum atomic E-state index is 17.3. The minimum Gasteiger partial charge on any atom is -0.507 e. The van der Waals surface area contributed by atoms with Crippen LogP contribution in [0.5, 0.6) is 17.2 Å². The van der Waals surface area contributed by atoms with Crippen LogP contribution in [0.25, 0.3) is 27.7 Å². The molecule has 4 aromatic rings. The number of aromatic nitrogens is 3. The van der Waals surface area contributed by atoms with Gasteiger partial charge in [0, 0.05) is 30.9 Å². The molecule has 2 aliphatic rings. The summed E-state index contributed by atoms with van der Waals surface area (Å²) >= 11 is 6.92. The normalized spacial score (nSPS) is 17.8. The van der Waals surface area contributed by atoms with Gasteiger partial charge in [-0.25, -0.2) is 9.18 Å². The number of piperazine rings is 1. The molecule has 2 aliphatic heterocycles. The van der Waals surface area contributed by atoms with E-state index in [0.29, 0.717) is 16.9 Å². The van der Waals surface area contributed by atoms with Gasteiger partial charge in [-0.1, -0.05) is 38.1 Å². The van der Waals surface area contributed by atoms with Crippen LogP contribution in [0.3, 0.4) is 0 Å². The number of benzene rings is 2. The van der Waals surface area contributed by atoms with Gasteiger partial charge in [0.1, 0.15) is 29.4 Å². The third-order valence-electron chi connectivity index (χ3n) is 8.34. The number of phenols is 2. The van der Waals surface area contributed by atoms with Crippen molar-refractivity contribution in [1.29, 1.82) is 0 Å². The van der Waals surface area contributed by atoms with E-state index >= 15 is 4.39 Å². The molecule has 12 heteroatoms. The first-order chi connectivity index (χ1) is 21.0. The van der Waals surface area contributed by atoms with Gasteiger partial charge in [-0.3, -0.25) is 14.3 Å². The Morgan fingerprint density at radius 3 is 2.57 bits per heavy atom. The Labute approximate surface area is 257 Å². The van der Waals surface area contributed by atoms with E-state index in [2.05, 4.69) is 16.5 Å². The topological polar surface area (TPSA) is 121 Å². The molecule has 0 radical (unpaired) electrons. The molecule has 1 saturated heterocycles. The highest BCUT2D eigenvalue weighted by Gasteiger charge is 2.40. The van der Waals surface area contributed by atoms with E-state index in [0.717, 1.165) is 0 Å². The van der Waals surface area contributed by atoms with Crippen molar-refractivity contribution in [3.8, 4) is 34.1 Å². The molecule has 4 heterocycles. The number of carbonyl (C=O) groups is 1. The number of pyridine rings is 1. The lowest BCUT2D eigenvalue weighted by atomic mass is 9.98. The van der Waals surface area contributed by atoms with Crippen LogP contribution in [0.1, 0.15) is 37.9 Å². The molecule has 6 rings (SSSR count). The molecule has 2 aromatic carbocycles. The van der Waals surface area contributed by atoms with Crippen molar-refractivity contribution >= 4 is 34.2 Å². The van der Waals surface area contributed by atoms with E-state index < -0.39 is 29.0 Å². The first-order valence-electron chi connectivity index (χ1n) is 14.2. The molecule has 1 amide bonds. The molecule has 0 saturated carbocycles. The highest BCUT2D eigenvalue weighted by atomic mass is 35.5. The zero-order chi connectivity index (χ0) is 31.6. The number of aromatic hydroxyl groups is 2. The first-order valence-corrected chi connectivity index (χ1v) is 14.6. The van der Waals surface area contributed by atoms with Gasteiger partial charge in [-0.2, -0.15) is 4.98 Å². The van der Waals surface area contributed by atoms with E-state index in [-0.39, 0.29) is 76.2 Å². The molecule has 228 valence electrons. The molecule has 0 bridgehead atoms. The Morgan fingerprint density at radius 2 is 1.91 bits per heavy atom. The molecule has 0 spiro atoms. The minimum absolute atomic E-state index is 0.0218. The number of carbonyl (C=O) groups excluding carboxylic acids is 1.